The van der Waals surface area contributed by atoms with Crippen LogP contribution < -0.4 is 10.2 Å². The fourth-order valence-electron chi connectivity index (χ4n) is 9.37. The van der Waals surface area contributed by atoms with Crippen LogP contribution in [0.5, 0.6) is 11.5 Å². The quantitative estimate of drug-likeness (QED) is 0.0931. The summed E-state index contributed by atoms with van der Waals surface area (Å²) in [5.74, 6) is -3.21. The average molecular weight is 965 g/mol. The molecular weight excluding hydrogens is 906 g/mol. The third-order valence-corrected chi connectivity index (χ3v) is 13.4. The van der Waals surface area contributed by atoms with Gasteiger partial charge in [0.1, 0.15) is 11.5 Å². The Kier molecular flexibility index (Phi) is 18.1. The van der Waals surface area contributed by atoms with Crippen molar-refractivity contribution in [1.29, 1.82) is 0 Å². The minimum absolute atomic E-state index is 0. The second-order valence-corrected chi connectivity index (χ2v) is 17.9. The largest absolute Gasteiger partial charge is 2.00 e. The van der Waals surface area contributed by atoms with E-state index in [-0.39, 0.29) is 77.6 Å². The van der Waals surface area contributed by atoms with Gasteiger partial charge in [-0.05, 0) is 81.3 Å². The standard InChI is InChI=1S/2C31H30O3.Zn/c2*1-21(23-12-6-3-7-13-23)18-27(25-16-10-5-11-17-25)28-19-26(20-29(30(28)32)31(33)34)22(2)24-14-8-4-9-15-24;/h2*3-17,19-22,27,32H,18H2,1-2H3,(H,33,34);/q;;+2/p-2. The summed E-state index contributed by atoms with van der Waals surface area (Å²) in [6, 6.07) is 67.4. The van der Waals surface area contributed by atoms with E-state index in [9.17, 15) is 30.0 Å². The number of carbonyl (C=O) groups is 2. The Morgan fingerprint density at radius 3 is 0.884 bits per heavy atom. The van der Waals surface area contributed by atoms with Crippen LogP contribution >= 0.6 is 0 Å². The minimum atomic E-state index is -1.37. The first-order valence-corrected chi connectivity index (χ1v) is 23.4. The minimum Gasteiger partial charge on any atom is -0.545 e. The van der Waals surface area contributed by atoms with Crippen molar-refractivity contribution < 1.29 is 49.5 Å². The summed E-state index contributed by atoms with van der Waals surface area (Å²) in [5, 5.41) is 46.3. The van der Waals surface area contributed by atoms with Gasteiger partial charge < -0.3 is 30.0 Å². The van der Waals surface area contributed by atoms with E-state index in [0.717, 1.165) is 46.2 Å². The topological polar surface area (TPSA) is 121 Å². The summed E-state index contributed by atoms with van der Waals surface area (Å²) in [6.45, 7) is 8.43. The maximum atomic E-state index is 12.0. The van der Waals surface area contributed by atoms with Gasteiger partial charge in [0.15, 0.2) is 0 Å². The third kappa shape index (κ3) is 12.7. The van der Waals surface area contributed by atoms with Crippen LogP contribution in [-0.2, 0) is 19.5 Å². The van der Waals surface area contributed by atoms with Crippen molar-refractivity contribution in [2.45, 2.75) is 76.0 Å². The average Bonchev–Trinajstić information content (AvgIpc) is 3.38. The van der Waals surface area contributed by atoms with Gasteiger partial charge in [0.2, 0.25) is 0 Å². The first kappa shape index (κ1) is 51.3. The molecule has 69 heavy (non-hydrogen) atoms. The van der Waals surface area contributed by atoms with Gasteiger partial charge in [-0.15, -0.1) is 0 Å². The number of phenols is 2. The van der Waals surface area contributed by atoms with E-state index in [2.05, 4.69) is 52.0 Å². The number of hydrogen-bond donors (Lipinski definition) is 2. The van der Waals surface area contributed by atoms with E-state index >= 15 is 0 Å². The number of benzene rings is 8. The number of carboxylic acid groups (broad SMARTS) is 2. The van der Waals surface area contributed by atoms with Crippen LogP contribution in [0.1, 0.15) is 152 Å². The van der Waals surface area contributed by atoms with Gasteiger partial charge in [0, 0.05) is 45.9 Å². The van der Waals surface area contributed by atoms with E-state index in [4.69, 9.17) is 0 Å². The van der Waals surface area contributed by atoms with Crippen LogP contribution in [0.2, 0.25) is 0 Å². The third-order valence-electron chi connectivity index (χ3n) is 13.4. The molecular formula is C62H58O6Zn. The second kappa shape index (κ2) is 24.3. The van der Waals surface area contributed by atoms with Crippen LogP contribution in [0.25, 0.3) is 0 Å². The summed E-state index contributed by atoms with van der Waals surface area (Å²) in [4.78, 5) is 24.0. The smallest absolute Gasteiger partial charge is 0.545 e. The van der Waals surface area contributed by atoms with Crippen LogP contribution in [0.15, 0.2) is 206 Å². The SMILES string of the molecule is CC(CC(c1ccccc1)c1cc(C(C)c2ccccc2)cc(C(=O)[O-])c1O)c1ccccc1.CC(CC(c1ccccc1)c1cc(C(C)c2ccccc2)cc(C(=O)[O-])c1O)c1ccccc1.[Zn+2]. The van der Waals surface area contributed by atoms with Crippen molar-refractivity contribution in [1.82, 2.24) is 0 Å². The predicted octanol–water partition coefficient (Wildman–Crippen LogP) is 12.5. The summed E-state index contributed by atoms with van der Waals surface area (Å²) < 4.78 is 0. The molecule has 8 aromatic carbocycles. The number of aromatic hydroxyl groups is 2. The number of carbonyl (C=O) groups excluding carboxylic acids is 2. The van der Waals surface area contributed by atoms with Crippen LogP contribution in [0.3, 0.4) is 0 Å². The Hall–Kier alpha value is -7.08. The normalized spacial score (nSPS) is 13.5. The molecule has 0 radical (unpaired) electrons. The molecule has 0 amide bonds. The Bertz CT molecular complexity index is 2680. The molecule has 6 unspecified atom stereocenters. The molecule has 0 aromatic heterocycles. The zero-order valence-electron chi connectivity index (χ0n) is 39.7. The van der Waals surface area contributed by atoms with Crippen molar-refractivity contribution in [3.05, 3.63) is 273 Å². The molecule has 6 nitrogen and oxygen atoms in total. The fourth-order valence-corrected chi connectivity index (χ4v) is 9.37. The van der Waals surface area contributed by atoms with Gasteiger partial charge in [0.05, 0.1) is 11.9 Å². The summed E-state index contributed by atoms with van der Waals surface area (Å²) >= 11 is 0. The molecule has 0 aliphatic carbocycles. The van der Waals surface area contributed by atoms with E-state index in [1.807, 2.05) is 170 Å². The molecule has 6 atom stereocenters. The van der Waals surface area contributed by atoms with Crippen molar-refractivity contribution in [3.63, 3.8) is 0 Å². The monoisotopic (exact) mass is 962 g/mol. The van der Waals surface area contributed by atoms with E-state index < -0.39 is 11.9 Å². The first-order valence-electron chi connectivity index (χ1n) is 23.4. The van der Waals surface area contributed by atoms with Crippen LogP contribution in [0.4, 0.5) is 0 Å². The van der Waals surface area contributed by atoms with Gasteiger partial charge in [-0.2, -0.15) is 0 Å². The van der Waals surface area contributed by atoms with E-state index in [1.165, 1.54) is 11.1 Å². The van der Waals surface area contributed by atoms with Crippen molar-refractivity contribution in [2.24, 2.45) is 0 Å². The van der Waals surface area contributed by atoms with Gasteiger partial charge >= 0.3 is 19.5 Å². The Labute approximate surface area is 419 Å². The molecule has 0 aliphatic heterocycles. The van der Waals surface area contributed by atoms with Crippen molar-refractivity contribution >= 4 is 11.9 Å². The summed E-state index contributed by atoms with van der Waals surface area (Å²) in [7, 11) is 0. The van der Waals surface area contributed by atoms with Crippen LogP contribution in [-0.4, -0.2) is 22.2 Å². The number of carboxylic acids is 2. The molecule has 8 aromatic rings. The van der Waals surface area contributed by atoms with Gasteiger partial charge in [-0.1, -0.05) is 222 Å². The molecule has 0 spiro atoms. The van der Waals surface area contributed by atoms with Crippen molar-refractivity contribution in [3.8, 4) is 11.5 Å². The molecule has 344 valence electrons. The Balaban J connectivity index is 0.000000224. The molecule has 0 heterocycles. The van der Waals surface area contributed by atoms with Gasteiger partial charge in [0.25, 0.3) is 0 Å². The molecule has 0 saturated carbocycles. The molecule has 0 saturated heterocycles. The fraction of sp³-hybridized carbons (Fsp3) is 0.194. The molecule has 2 N–H and O–H groups in total. The van der Waals surface area contributed by atoms with E-state index in [0.29, 0.717) is 11.1 Å². The molecule has 0 bridgehead atoms. The maximum Gasteiger partial charge on any atom is 2.00 e. The van der Waals surface area contributed by atoms with Gasteiger partial charge in [-0.3, -0.25) is 0 Å². The Morgan fingerprint density at radius 1 is 0.377 bits per heavy atom. The zero-order chi connectivity index (χ0) is 48.2. The predicted molar refractivity (Wildman–Crippen MR) is 268 cm³/mol. The second-order valence-electron chi connectivity index (χ2n) is 17.9. The molecule has 0 fully saturated rings. The Morgan fingerprint density at radius 2 is 0.623 bits per heavy atom. The summed E-state index contributed by atoms with van der Waals surface area (Å²) in [6.07, 6.45) is 1.44. The number of aromatic carboxylic acids is 2. The van der Waals surface area contributed by atoms with Gasteiger partial charge in [-0.25, -0.2) is 0 Å². The van der Waals surface area contributed by atoms with E-state index in [1.54, 1.807) is 12.1 Å². The number of hydrogen-bond acceptors (Lipinski definition) is 6. The summed E-state index contributed by atoms with van der Waals surface area (Å²) in [5.41, 5.74) is 9.24. The number of rotatable bonds is 16. The zero-order valence-corrected chi connectivity index (χ0v) is 42.7. The molecule has 8 rings (SSSR count). The first-order chi connectivity index (χ1) is 32.9. The van der Waals surface area contributed by atoms with Crippen LogP contribution in [0, 0.1) is 0 Å². The molecule has 0 aliphatic rings. The van der Waals surface area contributed by atoms with Crippen molar-refractivity contribution in [2.75, 3.05) is 0 Å². The maximum absolute atomic E-state index is 12.0. The molecule has 7 heteroatoms.